The summed E-state index contributed by atoms with van der Waals surface area (Å²) in [4.78, 5) is 10.1. The summed E-state index contributed by atoms with van der Waals surface area (Å²) in [6.45, 7) is 9.18. The first-order valence-electron chi connectivity index (χ1n) is 15.2. The van der Waals surface area contributed by atoms with Crippen molar-refractivity contribution < 1.29 is 13.6 Å². The molecule has 5 rings (SSSR count). The molecule has 1 aromatic rings. The fraction of sp³-hybridized carbons (Fsp3) is 0.781. The third-order valence-electron chi connectivity index (χ3n) is 11.5. The van der Waals surface area contributed by atoms with E-state index in [9.17, 15) is 13.6 Å². The van der Waals surface area contributed by atoms with Gasteiger partial charge < -0.3 is 5.32 Å². The fourth-order valence-corrected chi connectivity index (χ4v) is 10.3. The van der Waals surface area contributed by atoms with Gasteiger partial charge in [-0.2, -0.15) is 0 Å². The minimum atomic E-state index is -0.662. The average Bonchev–Trinajstić information content (AvgIpc) is 3.23. The Morgan fingerprint density at radius 3 is 2.39 bits per heavy atom. The smallest absolute Gasteiger partial charge is 0.217 e. The Balaban J connectivity index is 0.000000236. The summed E-state index contributed by atoms with van der Waals surface area (Å²) >= 11 is 0.851. The quantitative estimate of drug-likeness (QED) is 0.195. The molecular formula is C32H50F2N2OS. The van der Waals surface area contributed by atoms with Crippen LogP contribution in [0.25, 0.3) is 0 Å². The van der Waals surface area contributed by atoms with Crippen LogP contribution in [-0.4, -0.2) is 20.0 Å². The van der Waals surface area contributed by atoms with E-state index in [1.54, 1.807) is 38.5 Å². The maximum atomic E-state index is 12.5. The lowest BCUT2D eigenvalue weighted by atomic mass is 9.42. The van der Waals surface area contributed by atoms with E-state index in [0.29, 0.717) is 22.1 Å². The summed E-state index contributed by atoms with van der Waals surface area (Å²) in [7, 11) is 2.11. The third-order valence-corrected chi connectivity index (χ3v) is 12.2. The molecule has 0 heterocycles. The van der Waals surface area contributed by atoms with E-state index in [1.807, 2.05) is 0 Å². The Labute approximate surface area is 234 Å². The van der Waals surface area contributed by atoms with E-state index in [-0.39, 0.29) is 0 Å². The molecule has 8 atom stereocenters. The molecule has 0 radical (unpaired) electrons. The van der Waals surface area contributed by atoms with Gasteiger partial charge in [0.25, 0.3) is 0 Å². The second-order valence-corrected chi connectivity index (χ2v) is 14.1. The number of hydrogen-bond donors (Lipinski definition) is 2. The van der Waals surface area contributed by atoms with Crippen LogP contribution in [0, 0.1) is 58.0 Å². The zero-order valence-corrected chi connectivity index (χ0v) is 24.9. The van der Waals surface area contributed by atoms with Crippen LogP contribution in [0.1, 0.15) is 97.8 Å². The van der Waals surface area contributed by atoms with Gasteiger partial charge in [0.15, 0.2) is 0 Å². The molecule has 0 aliphatic heterocycles. The lowest BCUT2D eigenvalue weighted by Crippen LogP contribution is -2.55. The summed E-state index contributed by atoms with van der Waals surface area (Å²) in [6, 6.07) is 3.03. The molecule has 1 aromatic carbocycles. The molecule has 0 aromatic heterocycles. The van der Waals surface area contributed by atoms with Gasteiger partial charge in [0.1, 0.15) is 11.6 Å². The van der Waals surface area contributed by atoms with Crippen molar-refractivity contribution in [2.45, 2.75) is 103 Å². The zero-order valence-electron chi connectivity index (χ0n) is 24.0. The van der Waals surface area contributed by atoms with Gasteiger partial charge in [-0.05, 0) is 142 Å². The molecule has 214 valence electrons. The number of benzene rings is 1. The molecule has 38 heavy (non-hydrogen) atoms. The molecule has 4 aliphatic rings. The Morgan fingerprint density at radius 1 is 0.974 bits per heavy atom. The molecule has 6 unspecified atom stereocenters. The number of fused-ring (bicyclic) bond motifs is 5. The summed E-state index contributed by atoms with van der Waals surface area (Å²) in [5.74, 6) is 4.95. The fourth-order valence-electron chi connectivity index (χ4n) is 9.81. The van der Waals surface area contributed by atoms with Crippen LogP contribution in [0.3, 0.4) is 0 Å². The maximum absolute atomic E-state index is 12.5. The first kappa shape index (κ1) is 29.8. The highest BCUT2D eigenvalue weighted by Crippen LogP contribution is 2.69. The predicted octanol–water partition coefficient (Wildman–Crippen LogP) is 8.39. The Bertz CT molecular complexity index is 910. The summed E-state index contributed by atoms with van der Waals surface area (Å²) in [5, 5.41) is 3.37. The van der Waals surface area contributed by atoms with Gasteiger partial charge in [-0.1, -0.05) is 40.0 Å². The third kappa shape index (κ3) is 6.11. The van der Waals surface area contributed by atoms with Gasteiger partial charge in [-0.3, -0.25) is 9.52 Å². The molecular weight excluding hydrogens is 498 g/mol. The van der Waals surface area contributed by atoms with E-state index in [2.05, 4.69) is 37.9 Å². The second-order valence-electron chi connectivity index (χ2n) is 13.1. The molecule has 6 heteroatoms. The van der Waals surface area contributed by atoms with E-state index < -0.39 is 11.6 Å². The van der Waals surface area contributed by atoms with Crippen LogP contribution in [0.4, 0.5) is 8.78 Å². The molecule has 3 nitrogen and oxygen atoms in total. The van der Waals surface area contributed by atoms with Gasteiger partial charge in [0.05, 0.1) is 0 Å². The van der Waals surface area contributed by atoms with Crippen LogP contribution in [-0.2, 0) is 4.79 Å². The van der Waals surface area contributed by atoms with Gasteiger partial charge in [-0.25, -0.2) is 8.78 Å². The monoisotopic (exact) mass is 548 g/mol. The number of carbonyl (C=O) groups is 1. The molecule has 4 saturated carbocycles. The van der Waals surface area contributed by atoms with Crippen molar-refractivity contribution in [1.82, 2.24) is 10.0 Å². The van der Waals surface area contributed by atoms with E-state index in [4.69, 9.17) is 0 Å². The van der Waals surface area contributed by atoms with Crippen LogP contribution in [0.2, 0.25) is 0 Å². The highest BCUT2D eigenvalue weighted by atomic mass is 32.2. The number of amides is 1. The number of nitrogens with one attached hydrogen (secondary N) is 2. The Hall–Kier alpha value is -1.14. The Morgan fingerprint density at radius 2 is 1.71 bits per heavy atom. The van der Waals surface area contributed by atoms with Gasteiger partial charge in [-0.15, -0.1) is 0 Å². The molecule has 4 fully saturated rings. The SMILES string of the molecule is CC[C@H]1CC2C3CCC(CCCNC)C3(C)CC[C@@H]2C2(C)CCCCC12.O=CNSc1cc(F)cc(F)c1. The number of halogens is 2. The zero-order chi connectivity index (χ0) is 27.3. The van der Waals surface area contributed by atoms with Gasteiger partial charge in [0.2, 0.25) is 6.41 Å². The van der Waals surface area contributed by atoms with Gasteiger partial charge in [0, 0.05) is 11.0 Å². The van der Waals surface area contributed by atoms with Crippen molar-refractivity contribution in [3.05, 3.63) is 29.8 Å². The highest BCUT2D eigenvalue weighted by molar-refractivity contribution is 7.97. The largest absolute Gasteiger partial charge is 0.320 e. The lowest BCUT2D eigenvalue weighted by molar-refractivity contribution is -0.135. The van der Waals surface area contributed by atoms with Crippen LogP contribution in [0.15, 0.2) is 23.1 Å². The van der Waals surface area contributed by atoms with Crippen molar-refractivity contribution >= 4 is 18.4 Å². The topological polar surface area (TPSA) is 41.1 Å². The molecule has 1 amide bonds. The van der Waals surface area contributed by atoms with E-state index in [0.717, 1.165) is 65.7 Å². The molecule has 2 N–H and O–H groups in total. The van der Waals surface area contributed by atoms with Crippen LogP contribution in [0.5, 0.6) is 0 Å². The summed E-state index contributed by atoms with van der Waals surface area (Å²) in [6.07, 6.45) is 18.6. The minimum absolute atomic E-state index is 0.319. The van der Waals surface area contributed by atoms with Crippen LogP contribution >= 0.6 is 11.9 Å². The summed E-state index contributed by atoms with van der Waals surface area (Å²) in [5.41, 5.74) is 1.36. The normalized spacial score (nSPS) is 37.7. The van der Waals surface area contributed by atoms with Crippen molar-refractivity contribution in [3.8, 4) is 0 Å². The maximum Gasteiger partial charge on any atom is 0.217 e. The predicted molar refractivity (Wildman–Crippen MR) is 154 cm³/mol. The first-order chi connectivity index (χ1) is 18.3. The van der Waals surface area contributed by atoms with Crippen molar-refractivity contribution in [2.24, 2.45) is 46.3 Å². The number of hydrogen-bond acceptors (Lipinski definition) is 3. The van der Waals surface area contributed by atoms with Crippen LogP contribution < -0.4 is 10.0 Å². The molecule has 0 spiro atoms. The second kappa shape index (κ2) is 13.0. The first-order valence-corrected chi connectivity index (χ1v) is 16.0. The van der Waals surface area contributed by atoms with Crippen molar-refractivity contribution in [3.63, 3.8) is 0 Å². The van der Waals surface area contributed by atoms with Gasteiger partial charge >= 0.3 is 0 Å². The molecule has 4 aliphatic carbocycles. The lowest BCUT2D eigenvalue weighted by Gasteiger charge is -2.62. The number of carbonyl (C=O) groups excluding carboxylic acids is 1. The summed E-state index contributed by atoms with van der Waals surface area (Å²) < 4.78 is 27.2. The minimum Gasteiger partial charge on any atom is -0.320 e. The average molecular weight is 549 g/mol. The van der Waals surface area contributed by atoms with E-state index >= 15 is 0 Å². The molecule has 0 bridgehead atoms. The van der Waals surface area contributed by atoms with E-state index in [1.165, 1.54) is 45.1 Å². The Kier molecular flexibility index (Phi) is 10.2. The number of rotatable bonds is 8. The highest BCUT2D eigenvalue weighted by Gasteiger charge is 2.60. The molecule has 0 saturated heterocycles. The van der Waals surface area contributed by atoms with Crippen molar-refractivity contribution in [2.75, 3.05) is 13.6 Å². The van der Waals surface area contributed by atoms with Crippen molar-refractivity contribution in [1.29, 1.82) is 0 Å². The standard InChI is InChI=1S/C25H45N.C7H5F2NOS/c1-5-18-17-20-22-12-11-19(9-8-16-26-4)24(22,2)15-13-23(20)25(3)14-7-6-10-21(18)25;8-5-1-6(9)3-7(2-5)12-10-4-11/h18-23,26H,5-17H2,1-4H3;1-4H,(H,10,11)/t18-,19?,20?,21?,22?,23-,24?,25?;/m0./s1.